The monoisotopic (exact) mass is 941 g/mol. The zero-order valence-electron chi connectivity index (χ0n) is 39.7. The third-order valence-corrected chi connectivity index (χ3v) is 10.6. The average molecular weight is 942 g/mol. The van der Waals surface area contributed by atoms with Crippen LogP contribution < -0.4 is 37.6 Å². The van der Waals surface area contributed by atoms with Gasteiger partial charge in [0.05, 0.1) is 12.5 Å². The van der Waals surface area contributed by atoms with Gasteiger partial charge in [0.2, 0.25) is 35.3 Å². The third-order valence-electron chi connectivity index (χ3n) is 10.6. The minimum Gasteiger partial charge on any atom is -0.482 e. The van der Waals surface area contributed by atoms with Gasteiger partial charge in [-0.05, 0) is 62.5 Å². The first-order chi connectivity index (χ1) is 31.0. The van der Waals surface area contributed by atoms with Crippen LogP contribution in [0.5, 0.6) is 0 Å². The molecule has 2 rings (SSSR count). The highest BCUT2D eigenvalue weighted by Gasteiger charge is 2.39. The SMILES string of the molecule is CCCC[C@H](NC(=O)[C@H](CC(C)C)NC(=O)[C@@H](NC(=O)[C@H](Cc1ccccc1C)NC(=O)[C@H](CCC(=O)O)NC(=O)[C@H](CC(=O)O)NC(=O)C1=CC(=O)CC(C)(C)O1)C(C)(C)C)C(=O)C(N)=O. The average Bonchev–Trinajstić information content (AvgIpc) is 3.20. The van der Waals surface area contributed by atoms with Crippen LogP contribution in [0.25, 0.3) is 0 Å². The van der Waals surface area contributed by atoms with Crippen LogP contribution in [-0.2, 0) is 63.9 Å². The molecule has 0 fully saturated rings. The van der Waals surface area contributed by atoms with E-state index in [4.69, 9.17) is 10.5 Å². The zero-order valence-corrected chi connectivity index (χ0v) is 39.7. The quantitative estimate of drug-likeness (QED) is 0.0580. The zero-order chi connectivity index (χ0) is 51.0. The molecule has 0 aliphatic carbocycles. The van der Waals surface area contributed by atoms with Crippen molar-refractivity contribution < 1.29 is 67.7 Å². The maximum atomic E-state index is 14.4. The van der Waals surface area contributed by atoms with Gasteiger partial charge in [0.1, 0.15) is 35.8 Å². The number of benzene rings is 1. The van der Waals surface area contributed by atoms with Crippen molar-refractivity contribution >= 4 is 64.9 Å². The predicted molar refractivity (Wildman–Crippen MR) is 241 cm³/mol. The van der Waals surface area contributed by atoms with Crippen LogP contribution >= 0.6 is 0 Å². The van der Waals surface area contributed by atoms with Gasteiger partial charge in [0.25, 0.3) is 11.8 Å². The minimum absolute atomic E-state index is 0.0575. The van der Waals surface area contributed by atoms with Crippen LogP contribution in [-0.4, -0.2) is 117 Å². The number of nitrogens with two attached hydrogens (primary N) is 1. The van der Waals surface area contributed by atoms with Gasteiger partial charge in [0.15, 0.2) is 11.5 Å². The van der Waals surface area contributed by atoms with Crippen LogP contribution in [0.3, 0.4) is 0 Å². The van der Waals surface area contributed by atoms with Gasteiger partial charge in [-0.15, -0.1) is 0 Å². The van der Waals surface area contributed by atoms with Gasteiger partial charge in [-0.25, -0.2) is 0 Å². The van der Waals surface area contributed by atoms with Crippen LogP contribution in [0.4, 0.5) is 0 Å². The minimum atomic E-state index is -1.86. The lowest BCUT2D eigenvalue weighted by atomic mass is 9.85. The molecule has 10 N–H and O–H groups in total. The number of aryl methyl sites for hydroxylation is 1. The van der Waals surface area contributed by atoms with Crippen molar-refractivity contribution in [1.29, 1.82) is 0 Å². The summed E-state index contributed by atoms with van der Waals surface area (Å²) in [5, 5.41) is 34.1. The molecule has 1 heterocycles. The second-order valence-corrected chi connectivity index (χ2v) is 18.8. The number of allylic oxidation sites excluding steroid dienone is 1. The number of nitrogens with one attached hydrogen (secondary N) is 6. The largest absolute Gasteiger partial charge is 0.482 e. The first-order valence-corrected chi connectivity index (χ1v) is 22.1. The van der Waals surface area contributed by atoms with Crippen molar-refractivity contribution in [2.24, 2.45) is 17.1 Å². The summed E-state index contributed by atoms with van der Waals surface area (Å²) in [6.07, 6.45) is -0.262. The lowest BCUT2D eigenvalue weighted by molar-refractivity contribution is -0.142. The molecule has 21 nitrogen and oxygen atoms in total. The summed E-state index contributed by atoms with van der Waals surface area (Å²) >= 11 is 0. The Kier molecular flexibility index (Phi) is 21.3. The first-order valence-electron chi connectivity index (χ1n) is 22.1. The molecule has 0 bridgehead atoms. The number of ketones is 2. The van der Waals surface area contributed by atoms with Crippen molar-refractivity contribution in [3.8, 4) is 0 Å². The summed E-state index contributed by atoms with van der Waals surface area (Å²) < 4.78 is 5.56. The molecule has 1 aromatic rings. The van der Waals surface area contributed by atoms with Crippen LogP contribution in [0, 0.1) is 18.3 Å². The molecule has 7 amide bonds. The summed E-state index contributed by atoms with van der Waals surface area (Å²) in [6, 6.07) is -2.09. The number of hydrogen-bond acceptors (Lipinski definition) is 12. The molecule has 0 unspecified atom stereocenters. The van der Waals surface area contributed by atoms with Crippen LogP contribution in [0.15, 0.2) is 36.1 Å². The number of ether oxygens (including phenoxy) is 1. The number of unbranched alkanes of at least 4 members (excludes halogenated alkanes) is 1. The molecule has 0 radical (unpaired) electrons. The number of primary amides is 1. The smallest absolute Gasteiger partial charge is 0.305 e. The molecule has 370 valence electrons. The fraction of sp³-hybridized carbons (Fsp3) is 0.587. The summed E-state index contributed by atoms with van der Waals surface area (Å²) in [4.78, 5) is 143. The lowest BCUT2D eigenvalue weighted by Crippen LogP contribution is -2.62. The van der Waals surface area contributed by atoms with Crippen molar-refractivity contribution in [3.63, 3.8) is 0 Å². The van der Waals surface area contributed by atoms with Crippen LogP contribution in [0.1, 0.15) is 118 Å². The second-order valence-electron chi connectivity index (χ2n) is 18.8. The summed E-state index contributed by atoms with van der Waals surface area (Å²) in [7, 11) is 0. The van der Waals surface area contributed by atoms with E-state index in [1.807, 2.05) is 6.92 Å². The Hall–Kier alpha value is -6.67. The van der Waals surface area contributed by atoms with E-state index >= 15 is 0 Å². The summed E-state index contributed by atoms with van der Waals surface area (Å²) in [5.74, 6) is -12.1. The predicted octanol–water partition coefficient (Wildman–Crippen LogP) is 0.775. The topological polar surface area (TPSA) is 336 Å². The second kappa shape index (κ2) is 25.3. The Morgan fingerprint density at radius 2 is 1.30 bits per heavy atom. The molecular formula is C46H67N7O14. The Bertz CT molecular complexity index is 2080. The number of carboxylic acids is 2. The normalized spacial score (nSPS) is 16.0. The Labute approximate surface area is 389 Å². The number of aliphatic carboxylic acids is 2. The molecule has 67 heavy (non-hydrogen) atoms. The van der Waals surface area contributed by atoms with Gasteiger partial charge in [-0.1, -0.05) is 78.6 Å². The molecule has 21 heteroatoms. The molecule has 0 saturated heterocycles. The van der Waals surface area contributed by atoms with Gasteiger partial charge in [0, 0.05) is 25.3 Å². The standard InChI is InChI=1S/C46H67N7O14/c1-10-11-16-28(36(59)38(47)60)48-40(62)30(19-24(2)3)52-44(66)37(45(5,6)7)53-42(64)31(20-26-15-13-12-14-25(26)4)50-39(61)29(17-18-34(55)56)49-41(63)32(22-35(57)58)51-43(65)33-21-27(54)23-46(8,9)67-33/h12-15,21,24,28-32,37H,10-11,16-20,22-23H2,1-9H3,(H2,47,60)(H,48,62)(H,49,63)(H,50,61)(H,51,65)(H,52,66)(H,53,64)(H,55,56)(H,57,58)/t28-,29-,30-,31-,32-,37+/m0/s1. The fourth-order valence-electron chi connectivity index (χ4n) is 7.05. The lowest BCUT2D eigenvalue weighted by Gasteiger charge is -2.34. The van der Waals surface area contributed by atoms with E-state index in [2.05, 4.69) is 31.9 Å². The number of carbonyl (C=O) groups excluding carboxylic acids is 9. The summed E-state index contributed by atoms with van der Waals surface area (Å²) in [6.45, 7) is 15.2. The van der Waals surface area contributed by atoms with E-state index in [-0.39, 0.29) is 31.6 Å². The number of hydrogen-bond donors (Lipinski definition) is 9. The molecule has 0 spiro atoms. The van der Waals surface area contributed by atoms with Gasteiger partial charge < -0.3 is 52.6 Å². The van der Waals surface area contributed by atoms with E-state index in [0.29, 0.717) is 24.0 Å². The van der Waals surface area contributed by atoms with E-state index in [0.717, 1.165) is 6.08 Å². The molecule has 1 aromatic carbocycles. The van der Waals surface area contributed by atoms with Gasteiger partial charge in [-0.2, -0.15) is 0 Å². The number of Topliss-reactive ketones (excluding diaryl/α,β-unsaturated/α-hetero) is 1. The Balaban J connectivity index is 2.51. The number of carbonyl (C=O) groups is 11. The molecule has 0 aromatic heterocycles. The number of amides is 7. The number of carboxylic acid groups (broad SMARTS) is 2. The highest BCUT2D eigenvalue weighted by atomic mass is 16.5. The van der Waals surface area contributed by atoms with Crippen molar-refractivity contribution in [3.05, 3.63) is 47.2 Å². The first kappa shape index (κ1) is 56.5. The van der Waals surface area contributed by atoms with Crippen molar-refractivity contribution in [2.45, 2.75) is 162 Å². The van der Waals surface area contributed by atoms with Crippen LogP contribution in [0.2, 0.25) is 0 Å². The molecule has 1 aliphatic rings. The van der Waals surface area contributed by atoms with Crippen molar-refractivity contribution in [2.75, 3.05) is 0 Å². The van der Waals surface area contributed by atoms with E-state index in [1.165, 1.54) is 0 Å². The highest BCUT2D eigenvalue weighted by molar-refractivity contribution is 6.37. The Morgan fingerprint density at radius 1 is 0.746 bits per heavy atom. The van der Waals surface area contributed by atoms with Gasteiger partial charge in [-0.3, -0.25) is 52.7 Å². The molecular weight excluding hydrogens is 875 g/mol. The highest BCUT2D eigenvalue weighted by Crippen LogP contribution is 2.25. The fourth-order valence-corrected chi connectivity index (χ4v) is 7.05. The van der Waals surface area contributed by atoms with Gasteiger partial charge >= 0.3 is 11.9 Å². The molecule has 6 atom stereocenters. The molecule has 0 saturated carbocycles. The number of rotatable bonds is 26. The summed E-state index contributed by atoms with van der Waals surface area (Å²) in [5.41, 5.74) is 4.38. The van der Waals surface area contributed by atoms with E-state index < -0.39 is 137 Å². The molecule has 1 aliphatic heterocycles. The van der Waals surface area contributed by atoms with Crippen molar-refractivity contribution in [1.82, 2.24) is 31.9 Å². The third kappa shape index (κ3) is 19.0. The Morgan fingerprint density at radius 3 is 1.84 bits per heavy atom. The maximum absolute atomic E-state index is 14.4. The van der Waals surface area contributed by atoms with E-state index in [9.17, 15) is 63.0 Å². The maximum Gasteiger partial charge on any atom is 0.305 e. The van der Waals surface area contributed by atoms with E-state index in [1.54, 1.807) is 79.7 Å².